The first-order valence-corrected chi connectivity index (χ1v) is 35.3. The summed E-state index contributed by atoms with van der Waals surface area (Å²) in [5, 5.41) is 36.0. The number of carbonyl (C=O) groups excluding carboxylic acids is 8. The predicted molar refractivity (Wildman–Crippen MR) is 352 cm³/mol. The van der Waals surface area contributed by atoms with Gasteiger partial charge in [0.05, 0.1) is 12.6 Å². The van der Waals surface area contributed by atoms with E-state index >= 15 is 0 Å². The Morgan fingerprint density at radius 3 is 1.18 bits per heavy atom. The molecule has 18 N–H and O–H groups in total. The molecule has 0 unspecified atom stereocenters. The fourth-order valence-corrected chi connectivity index (χ4v) is 10.8. The summed E-state index contributed by atoms with van der Waals surface area (Å²) in [5.74, 6) is -6.20. The third-order valence-corrected chi connectivity index (χ3v) is 16.6. The van der Waals surface area contributed by atoms with Gasteiger partial charge in [-0.3, -0.25) is 38.4 Å². The Morgan fingerprint density at radius 2 is 0.775 bits per heavy atom. The molecule has 0 saturated carbocycles. The molecule has 0 rings (SSSR count). The van der Waals surface area contributed by atoms with E-state index < -0.39 is 96.4 Å². The van der Waals surface area contributed by atoms with E-state index in [2.05, 4.69) is 45.7 Å². The molecule has 0 fully saturated rings. The quantitative estimate of drug-likeness (QED) is 0.0267. The largest absolute Gasteiger partial charge is 0.480 e. The van der Waals surface area contributed by atoms with Crippen LogP contribution in [0.2, 0.25) is 0 Å². The number of carboxylic acid groups (broad SMARTS) is 1. The molecule has 6 amide bonds. The van der Waals surface area contributed by atoms with Crippen molar-refractivity contribution >= 4 is 65.1 Å². The van der Waals surface area contributed by atoms with Crippen molar-refractivity contribution in [3.63, 3.8) is 0 Å². The van der Waals surface area contributed by atoms with Crippen molar-refractivity contribution in [2.24, 2.45) is 28.7 Å². The van der Waals surface area contributed by atoms with Crippen LogP contribution in [0.15, 0.2) is 0 Å². The van der Waals surface area contributed by atoms with Gasteiger partial charge in [-0.05, 0) is 122 Å². The van der Waals surface area contributed by atoms with E-state index in [0.29, 0.717) is 90.3 Å². The fraction of sp³-hybridized carbons (Fsp3) is 0.859. The van der Waals surface area contributed by atoms with Crippen LogP contribution in [0.4, 0.5) is 0 Å². The van der Waals surface area contributed by atoms with Crippen LogP contribution < -0.4 is 60.6 Å². The zero-order chi connectivity index (χ0) is 66.1. The zero-order valence-corrected chi connectivity index (χ0v) is 55.6. The van der Waals surface area contributed by atoms with Gasteiger partial charge in [0.1, 0.15) is 42.9 Å². The number of esters is 2. The van der Waals surface area contributed by atoms with Crippen LogP contribution in [-0.2, 0) is 52.6 Å². The molecule has 24 nitrogen and oxygen atoms in total. The Hall–Kier alpha value is -4.66. The minimum absolute atomic E-state index is 0.00401. The van der Waals surface area contributed by atoms with Gasteiger partial charge in [-0.1, -0.05) is 136 Å². The van der Waals surface area contributed by atoms with Crippen LogP contribution in [0.5, 0.6) is 0 Å². The molecule has 0 radical (unpaired) electrons. The topological polar surface area (TPSA) is 415 Å². The van der Waals surface area contributed by atoms with Gasteiger partial charge in [0.2, 0.25) is 35.4 Å². The zero-order valence-electron chi connectivity index (χ0n) is 54.7. The van der Waals surface area contributed by atoms with E-state index in [0.717, 1.165) is 50.3 Å². The summed E-state index contributed by atoms with van der Waals surface area (Å²) >= 11 is 1.15. The van der Waals surface area contributed by atoms with Gasteiger partial charge in [-0.25, -0.2) is 4.79 Å². The molecule has 0 aliphatic heterocycles. The number of aliphatic hydroxyl groups excluding tert-OH is 1. The molecular weight excluding hydrogens is 1160 g/mol. The lowest BCUT2D eigenvalue weighted by Crippen LogP contribution is -2.59. The van der Waals surface area contributed by atoms with Gasteiger partial charge < -0.3 is 80.3 Å². The number of carboxylic acids is 1. The molecule has 0 aromatic carbocycles. The highest BCUT2D eigenvalue weighted by atomic mass is 32.2. The maximum absolute atomic E-state index is 14.1. The van der Waals surface area contributed by atoms with E-state index in [4.69, 9.17) is 38.1 Å². The van der Waals surface area contributed by atoms with E-state index in [9.17, 15) is 53.4 Å². The molecule has 0 aromatic heterocycles. The molecule has 0 aliphatic carbocycles. The number of thioether (sulfide) groups is 1. The molecule has 25 heteroatoms. The number of unbranched alkanes of at least 4 members (excludes halogenated alkanes) is 23. The van der Waals surface area contributed by atoms with Crippen molar-refractivity contribution in [2.45, 2.75) is 294 Å². The van der Waals surface area contributed by atoms with Gasteiger partial charge in [-0.2, -0.15) is 11.8 Å². The number of nitrogens with one attached hydrogen (secondary N) is 6. The first-order chi connectivity index (χ1) is 43.0. The third-order valence-electron chi connectivity index (χ3n) is 15.4. The molecule has 0 aliphatic rings. The maximum atomic E-state index is 14.1. The molecule has 7 atom stereocenters. The predicted octanol–water partition coefficient (Wildman–Crippen LogP) is 5.43. The fourth-order valence-electron chi connectivity index (χ4n) is 9.87. The third kappa shape index (κ3) is 47.0. The normalized spacial score (nSPS) is 13.6. The summed E-state index contributed by atoms with van der Waals surface area (Å²) in [6, 6.07) is -7.73. The van der Waals surface area contributed by atoms with Crippen molar-refractivity contribution < 1.29 is 62.8 Å². The van der Waals surface area contributed by atoms with Gasteiger partial charge >= 0.3 is 17.9 Å². The Kier molecular flexibility index (Phi) is 55.4. The number of ether oxygens (including phenoxy) is 2. The molecule has 0 saturated heterocycles. The Labute approximate surface area is 537 Å². The van der Waals surface area contributed by atoms with Gasteiger partial charge in [0.15, 0.2) is 0 Å². The standard InChI is InChI=1S/C64H123N11O13S/c1-3-5-7-9-11-13-14-15-16-17-19-21-23-38-57(78)87-46-49(88-58(79)39-32-44-70-56(77)37-22-20-18-12-10-8-6-4-2)47-89-48-50(69)59(80)75-55(45-76)63(84)73-52(34-25-29-41-66)61(82)71-51(33-24-28-40-65)60(81)72-53(35-26-30-42-67)62(83)74-54(64(85)86)36-27-31-43-68/h49-55,76H,3-48,65-69H2,1-2H3,(H,70,77)(H,71,82)(H,72,81)(H,73,84)(H,74,83)(H,75,80)(H,85,86)/t49-,50+,51+,52+,53+,54+,55+/m1/s1. The summed E-state index contributed by atoms with van der Waals surface area (Å²) < 4.78 is 11.3. The van der Waals surface area contributed by atoms with E-state index in [1.54, 1.807) is 0 Å². The highest BCUT2D eigenvalue weighted by Gasteiger charge is 2.33. The summed E-state index contributed by atoms with van der Waals surface area (Å²) in [5.41, 5.74) is 29.1. The first-order valence-electron chi connectivity index (χ1n) is 34.1. The second kappa shape index (κ2) is 58.4. The molecule has 518 valence electrons. The van der Waals surface area contributed by atoms with Crippen LogP contribution in [0.25, 0.3) is 0 Å². The van der Waals surface area contributed by atoms with Crippen LogP contribution in [-0.4, -0.2) is 163 Å². The molecule has 0 aromatic rings. The number of aliphatic hydroxyl groups is 1. The average Bonchev–Trinajstić information content (AvgIpc) is 3.54. The molecule has 89 heavy (non-hydrogen) atoms. The minimum atomic E-state index is -1.57. The maximum Gasteiger partial charge on any atom is 0.326 e. The SMILES string of the molecule is CCCCCCCCCCCCCCCC(=O)OC[C@H](CSC[C@H](N)C(=O)N[C@@H](CO)C(=O)N[C@@H](CCCCN)C(=O)N[C@@H](CCCCN)C(=O)N[C@@H](CCCCN)C(=O)N[C@@H](CCCCN)C(=O)O)OC(=O)CCCNC(=O)CCCCCCCCCC. The summed E-state index contributed by atoms with van der Waals surface area (Å²) in [7, 11) is 0. The highest BCUT2D eigenvalue weighted by Crippen LogP contribution is 2.16. The Morgan fingerprint density at radius 1 is 0.416 bits per heavy atom. The lowest BCUT2D eigenvalue weighted by Gasteiger charge is -2.27. The van der Waals surface area contributed by atoms with E-state index in [1.165, 1.54) is 89.9 Å². The van der Waals surface area contributed by atoms with E-state index in [-0.39, 0.29) is 75.6 Å². The number of hydrogen-bond acceptors (Lipinski definition) is 18. The number of aliphatic carboxylic acids is 1. The molecular formula is C64H123N11O13S. The summed E-state index contributed by atoms with van der Waals surface area (Å²) in [6.45, 7) is 4.83. The monoisotopic (exact) mass is 1290 g/mol. The van der Waals surface area contributed by atoms with Crippen molar-refractivity contribution in [1.82, 2.24) is 31.9 Å². The second-order valence-corrected chi connectivity index (χ2v) is 24.6. The summed E-state index contributed by atoms with van der Waals surface area (Å²) in [6.07, 6.45) is 28.3. The van der Waals surface area contributed by atoms with E-state index in [1.807, 2.05) is 0 Å². The van der Waals surface area contributed by atoms with Crippen molar-refractivity contribution in [3.05, 3.63) is 0 Å². The average molecular weight is 1290 g/mol. The van der Waals surface area contributed by atoms with Crippen molar-refractivity contribution in [3.8, 4) is 0 Å². The summed E-state index contributed by atoms with van der Waals surface area (Å²) in [4.78, 5) is 119. The Balaban J connectivity index is 5.86. The van der Waals surface area contributed by atoms with Gasteiger partial charge in [0.25, 0.3) is 0 Å². The minimum Gasteiger partial charge on any atom is -0.480 e. The van der Waals surface area contributed by atoms with Crippen LogP contribution in [0.1, 0.15) is 251 Å². The second-order valence-electron chi connectivity index (χ2n) is 23.6. The number of amides is 6. The van der Waals surface area contributed by atoms with Gasteiger partial charge in [0, 0.05) is 37.3 Å². The smallest absolute Gasteiger partial charge is 0.326 e. The van der Waals surface area contributed by atoms with Crippen LogP contribution >= 0.6 is 11.8 Å². The number of carbonyl (C=O) groups is 9. The van der Waals surface area contributed by atoms with Crippen LogP contribution in [0.3, 0.4) is 0 Å². The lowest BCUT2D eigenvalue weighted by molar-refractivity contribution is -0.157. The molecule has 0 heterocycles. The highest BCUT2D eigenvalue weighted by molar-refractivity contribution is 7.99. The number of rotatable bonds is 62. The molecule has 0 spiro atoms. The number of hydrogen-bond donors (Lipinski definition) is 13. The Bertz CT molecular complexity index is 1900. The van der Waals surface area contributed by atoms with Crippen molar-refractivity contribution in [1.29, 1.82) is 0 Å². The number of nitrogens with two attached hydrogens (primary N) is 5. The van der Waals surface area contributed by atoms with Crippen LogP contribution in [0, 0.1) is 0 Å². The molecule has 0 bridgehead atoms. The van der Waals surface area contributed by atoms with Gasteiger partial charge in [-0.15, -0.1) is 0 Å². The first kappa shape index (κ1) is 84.3. The van der Waals surface area contributed by atoms with Crippen molar-refractivity contribution in [2.75, 3.05) is 57.4 Å². The lowest BCUT2D eigenvalue weighted by atomic mass is 10.0.